The number of nitrogens with zero attached hydrogens (tertiary/aromatic N) is 3. The number of thiophene rings is 1. The van der Waals surface area contributed by atoms with Crippen LogP contribution in [-0.4, -0.2) is 33.6 Å². The van der Waals surface area contributed by atoms with E-state index in [9.17, 15) is 4.79 Å². The summed E-state index contributed by atoms with van der Waals surface area (Å²) in [4.78, 5) is 12.5. The zero-order chi connectivity index (χ0) is 13.9. The molecule has 0 unspecified atom stereocenters. The van der Waals surface area contributed by atoms with Crippen LogP contribution in [0.5, 0.6) is 0 Å². The van der Waals surface area contributed by atoms with Crippen molar-refractivity contribution in [3.8, 4) is 0 Å². The van der Waals surface area contributed by atoms with Gasteiger partial charge in [0, 0.05) is 17.3 Å². The van der Waals surface area contributed by atoms with E-state index in [4.69, 9.17) is 0 Å². The monoisotopic (exact) mass is 309 g/mol. The Morgan fingerprint density at radius 2 is 2.40 bits per heavy atom. The predicted octanol–water partition coefficient (Wildman–Crippen LogP) is 2.53. The van der Waals surface area contributed by atoms with Gasteiger partial charge in [-0.3, -0.25) is 4.79 Å². The van der Waals surface area contributed by atoms with Gasteiger partial charge in [-0.15, -0.1) is 21.5 Å². The second-order valence-corrected chi connectivity index (χ2v) is 6.60. The van der Waals surface area contributed by atoms with Gasteiger partial charge < -0.3 is 9.30 Å². The quantitative estimate of drug-likeness (QED) is 0.606. The van der Waals surface area contributed by atoms with Crippen molar-refractivity contribution in [1.82, 2.24) is 14.8 Å². The molecular formula is C13H15N3O2S2. The fourth-order valence-corrected chi connectivity index (χ4v) is 3.54. The maximum absolute atomic E-state index is 11.2. The van der Waals surface area contributed by atoms with Gasteiger partial charge in [-0.05, 0) is 24.3 Å². The molecule has 1 saturated carbocycles. The summed E-state index contributed by atoms with van der Waals surface area (Å²) in [6, 6.07) is 4.66. The SMILES string of the molecule is COC(=O)CSc1nnc(Cc2cccs2)n1C1CC1. The van der Waals surface area contributed by atoms with Gasteiger partial charge in [0.25, 0.3) is 0 Å². The Morgan fingerprint density at radius 3 is 3.05 bits per heavy atom. The highest BCUT2D eigenvalue weighted by atomic mass is 32.2. The Balaban J connectivity index is 1.77. The number of hydrogen-bond acceptors (Lipinski definition) is 6. The average Bonchev–Trinajstić information content (AvgIpc) is 3.01. The molecule has 1 fully saturated rings. The zero-order valence-electron chi connectivity index (χ0n) is 11.1. The minimum atomic E-state index is -0.236. The van der Waals surface area contributed by atoms with Crippen molar-refractivity contribution in [1.29, 1.82) is 0 Å². The van der Waals surface area contributed by atoms with E-state index in [1.165, 1.54) is 36.6 Å². The molecule has 1 aliphatic rings. The molecule has 0 aliphatic heterocycles. The lowest BCUT2D eigenvalue weighted by Gasteiger charge is -2.07. The van der Waals surface area contributed by atoms with Crippen LogP contribution in [0.25, 0.3) is 0 Å². The summed E-state index contributed by atoms with van der Waals surface area (Å²) in [5, 5.41) is 11.4. The van der Waals surface area contributed by atoms with E-state index >= 15 is 0 Å². The molecule has 3 rings (SSSR count). The lowest BCUT2D eigenvalue weighted by atomic mass is 10.3. The summed E-state index contributed by atoms with van der Waals surface area (Å²) in [6.45, 7) is 0. The Morgan fingerprint density at radius 1 is 1.55 bits per heavy atom. The van der Waals surface area contributed by atoms with Crippen LogP contribution >= 0.6 is 23.1 Å². The molecule has 106 valence electrons. The molecule has 0 aromatic carbocycles. The van der Waals surface area contributed by atoms with Crippen molar-refractivity contribution in [2.24, 2.45) is 0 Å². The van der Waals surface area contributed by atoms with Gasteiger partial charge in [0.15, 0.2) is 5.16 Å². The molecule has 20 heavy (non-hydrogen) atoms. The van der Waals surface area contributed by atoms with Gasteiger partial charge in [-0.1, -0.05) is 17.8 Å². The number of carbonyl (C=O) groups excluding carboxylic acids is 1. The van der Waals surface area contributed by atoms with Gasteiger partial charge in [-0.2, -0.15) is 0 Å². The maximum atomic E-state index is 11.2. The van der Waals surface area contributed by atoms with Gasteiger partial charge in [-0.25, -0.2) is 0 Å². The Labute approximate surface area is 125 Å². The summed E-state index contributed by atoms with van der Waals surface area (Å²) in [5.41, 5.74) is 0. The largest absolute Gasteiger partial charge is 0.468 e. The average molecular weight is 309 g/mol. The number of methoxy groups -OCH3 is 1. The topological polar surface area (TPSA) is 57.0 Å². The van der Waals surface area contributed by atoms with E-state index in [0.717, 1.165) is 17.4 Å². The molecule has 0 bridgehead atoms. The van der Waals surface area contributed by atoms with Crippen LogP contribution < -0.4 is 0 Å². The molecule has 5 nitrogen and oxygen atoms in total. The molecule has 0 atom stereocenters. The van der Waals surface area contributed by atoms with Crippen molar-refractivity contribution in [3.63, 3.8) is 0 Å². The predicted molar refractivity (Wildman–Crippen MR) is 78.2 cm³/mol. The van der Waals surface area contributed by atoms with Gasteiger partial charge in [0.1, 0.15) is 5.82 Å². The Bertz CT molecular complexity index is 591. The first kappa shape index (κ1) is 13.6. The van der Waals surface area contributed by atoms with Gasteiger partial charge >= 0.3 is 5.97 Å². The number of esters is 1. The highest BCUT2D eigenvalue weighted by Crippen LogP contribution is 2.39. The summed E-state index contributed by atoms with van der Waals surface area (Å²) >= 11 is 3.13. The number of ether oxygens (including phenoxy) is 1. The van der Waals surface area contributed by atoms with Crippen LogP contribution in [0.4, 0.5) is 0 Å². The van der Waals surface area contributed by atoms with Crippen LogP contribution in [0.3, 0.4) is 0 Å². The Hall–Kier alpha value is -1.34. The molecule has 7 heteroatoms. The Kier molecular flexibility index (Phi) is 4.07. The van der Waals surface area contributed by atoms with E-state index in [2.05, 4.69) is 30.9 Å². The third-order valence-electron chi connectivity index (χ3n) is 3.11. The van der Waals surface area contributed by atoms with E-state index < -0.39 is 0 Å². The smallest absolute Gasteiger partial charge is 0.316 e. The van der Waals surface area contributed by atoms with Gasteiger partial charge in [0.05, 0.1) is 12.9 Å². The van der Waals surface area contributed by atoms with Crippen molar-refractivity contribution < 1.29 is 9.53 Å². The van der Waals surface area contributed by atoms with Crippen molar-refractivity contribution in [2.75, 3.05) is 12.9 Å². The first-order valence-electron chi connectivity index (χ1n) is 6.43. The maximum Gasteiger partial charge on any atom is 0.316 e. The normalized spacial score (nSPS) is 14.4. The van der Waals surface area contributed by atoms with Crippen LogP contribution in [0, 0.1) is 0 Å². The summed E-state index contributed by atoms with van der Waals surface area (Å²) in [7, 11) is 1.40. The third-order valence-corrected chi connectivity index (χ3v) is 4.90. The molecular weight excluding hydrogens is 294 g/mol. The number of thioether (sulfide) groups is 1. The second kappa shape index (κ2) is 5.97. The molecule has 0 N–H and O–H groups in total. The number of rotatable bonds is 6. The van der Waals surface area contributed by atoms with Crippen LogP contribution in [0.1, 0.15) is 29.6 Å². The molecule has 0 amide bonds. The summed E-state index contributed by atoms with van der Waals surface area (Å²) in [6.07, 6.45) is 3.14. The minimum Gasteiger partial charge on any atom is -0.468 e. The van der Waals surface area contributed by atoms with Crippen molar-refractivity contribution in [3.05, 3.63) is 28.2 Å². The minimum absolute atomic E-state index is 0.236. The van der Waals surface area contributed by atoms with E-state index in [0.29, 0.717) is 6.04 Å². The number of carbonyl (C=O) groups is 1. The fraction of sp³-hybridized carbons (Fsp3) is 0.462. The van der Waals surface area contributed by atoms with Crippen LogP contribution in [0.2, 0.25) is 0 Å². The molecule has 2 aromatic heterocycles. The number of hydrogen-bond donors (Lipinski definition) is 0. The molecule has 1 aliphatic carbocycles. The first-order chi connectivity index (χ1) is 9.78. The zero-order valence-corrected chi connectivity index (χ0v) is 12.7. The molecule has 0 spiro atoms. The lowest BCUT2D eigenvalue weighted by Crippen LogP contribution is -2.07. The molecule has 0 saturated heterocycles. The fourth-order valence-electron chi connectivity index (χ4n) is 1.98. The second-order valence-electron chi connectivity index (χ2n) is 4.62. The van der Waals surface area contributed by atoms with Crippen LogP contribution in [-0.2, 0) is 16.0 Å². The molecule has 0 radical (unpaired) electrons. The molecule has 2 aromatic rings. The number of aromatic nitrogens is 3. The first-order valence-corrected chi connectivity index (χ1v) is 8.30. The lowest BCUT2D eigenvalue weighted by molar-refractivity contribution is -0.137. The third kappa shape index (κ3) is 3.04. The van der Waals surface area contributed by atoms with Crippen molar-refractivity contribution >= 4 is 29.1 Å². The standard InChI is InChI=1S/C13H15N3O2S2/c1-18-12(17)8-20-13-15-14-11(16(13)9-4-5-9)7-10-3-2-6-19-10/h2-3,6,9H,4-5,7-8H2,1H3. The van der Waals surface area contributed by atoms with E-state index in [-0.39, 0.29) is 11.7 Å². The molecule has 2 heterocycles. The van der Waals surface area contributed by atoms with E-state index in [1.54, 1.807) is 11.3 Å². The summed E-state index contributed by atoms with van der Waals surface area (Å²) < 4.78 is 6.85. The highest BCUT2D eigenvalue weighted by Gasteiger charge is 2.29. The highest BCUT2D eigenvalue weighted by molar-refractivity contribution is 7.99. The van der Waals surface area contributed by atoms with E-state index in [1.807, 2.05) is 6.07 Å². The summed E-state index contributed by atoms with van der Waals surface area (Å²) in [5.74, 6) is 1.03. The van der Waals surface area contributed by atoms with Crippen molar-refractivity contribution in [2.45, 2.75) is 30.5 Å². The van der Waals surface area contributed by atoms with Gasteiger partial charge in [0.2, 0.25) is 0 Å². The van der Waals surface area contributed by atoms with Crippen LogP contribution in [0.15, 0.2) is 22.7 Å².